The zero-order chi connectivity index (χ0) is 15.6. The summed E-state index contributed by atoms with van der Waals surface area (Å²) >= 11 is 0. The smallest absolute Gasteiger partial charge is 0.220 e. The number of benzene rings is 2. The van der Waals surface area contributed by atoms with Gasteiger partial charge in [-0.2, -0.15) is 0 Å². The molecule has 1 N–H and O–H groups in total. The Balaban J connectivity index is 1.62. The van der Waals surface area contributed by atoms with Crippen LogP contribution in [0, 0.1) is 0 Å². The summed E-state index contributed by atoms with van der Waals surface area (Å²) in [4.78, 5) is 11.8. The van der Waals surface area contributed by atoms with E-state index in [-0.39, 0.29) is 5.91 Å². The fraction of sp³-hybridized carbons (Fsp3) is 0.316. The number of amides is 1. The lowest BCUT2D eigenvalue weighted by Gasteiger charge is -2.07. The first kappa shape index (κ1) is 16.1. The Hall–Kier alpha value is -2.29. The number of nitrogens with one attached hydrogen (secondary N) is 1. The van der Waals surface area contributed by atoms with E-state index in [0.29, 0.717) is 13.0 Å². The largest absolute Gasteiger partial charge is 0.497 e. The SMILES string of the molecule is COc1cccc(CCCNC(=O)CCc2ccccc2)c1. The fourth-order valence-corrected chi connectivity index (χ4v) is 2.34. The number of ether oxygens (including phenoxy) is 1. The Kier molecular flexibility index (Phi) is 6.49. The third kappa shape index (κ3) is 5.60. The average Bonchev–Trinajstić information content (AvgIpc) is 2.58. The lowest BCUT2D eigenvalue weighted by Crippen LogP contribution is -2.24. The second kappa shape index (κ2) is 8.88. The molecule has 3 nitrogen and oxygen atoms in total. The van der Waals surface area contributed by atoms with Crippen molar-refractivity contribution in [3.05, 3.63) is 65.7 Å². The van der Waals surface area contributed by atoms with Crippen molar-refractivity contribution < 1.29 is 9.53 Å². The molecule has 0 bridgehead atoms. The van der Waals surface area contributed by atoms with E-state index in [0.717, 1.165) is 25.0 Å². The van der Waals surface area contributed by atoms with E-state index in [2.05, 4.69) is 23.5 Å². The van der Waals surface area contributed by atoms with Crippen LogP contribution in [-0.4, -0.2) is 19.6 Å². The maximum absolute atomic E-state index is 11.8. The summed E-state index contributed by atoms with van der Waals surface area (Å²) in [5, 5.41) is 2.98. The van der Waals surface area contributed by atoms with Gasteiger partial charge in [0.15, 0.2) is 0 Å². The Morgan fingerprint density at radius 3 is 2.55 bits per heavy atom. The third-order valence-corrected chi connectivity index (χ3v) is 3.58. The summed E-state index contributed by atoms with van der Waals surface area (Å²) in [5.41, 5.74) is 2.44. The number of hydrogen-bond acceptors (Lipinski definition) is 2. The van der Waals surface area contributed by atoms with Crippen LogP contribution in [0.2, 0.25) is 0 Å². The predicted molar refractivity (Wildman–Crippen MR) is 89.1 cm³/mol. The topological polar surface area (TPSA) is 38.3 Å². The van der Waals surface area contributed by atoms with Crippen LogP contribution < -0.4 is 10.1 Å². The Morgan fingerprint density at radius 1 is 1.00 bits per heavy atom. The number of carbonyl (C=O) groups excluding carboxylic acids is 1. The minimum absolute atomic E-state index is 0.120. The molecule has 0 saturated carbocycles. The average molecular weight is 297 g/mol. The van der Waals surface area contributed by atoms with Crippen molar-refractivity contribution in [3.63, 3.8) is 0 Å². The van der Waals surface area contributed by atoms with Crippen molar-refractivity contribution in [1.29, 1.82) is 0 Å². The quantitative estimate of drug-likeness (QED) is 0.759. The first-order chi connectivity index (χ1) is 10.8. The van der Waals surface area contributed by atoms with Crippen molar-refractivity contribution in [2.75, 3.05) is 13.7 Å². The second-order valence-corrected chi connectivity index (χ2v) is 5.29. The van der Waals surface area contributed by atoms with Gasteiger partial charge >= 0.3 is 0 Å². The molecule has 3 heteroatoms. The zero-order valence-electron chi connectivity index (χ0n) is 13.0. The molecule has 0 atom stereocenters. The van der Waals surface area contributed by atoms with Crippen molar-refractivity contribution in [1.82, 2.24) is 5.32 Å². The van der Waals surface area contributed by atoms with Crippen LogP contribution in [-0.2, 0) is 17.6 Å². The summed E-state index contributed by atoms with van der Waals surface area (Å²) in [6.45, 7) is 0.713. The Morgan fingerprint density at radius 2 is 1.77 bits per heavy atom. The molecule has 2 aromatic carbocycles. The van der Waals surface area contributed by atoms with Crippen LogP contribution in [0.5, 0.6) is 5.75 Å². The predicted octanol–water partition coefficient (Wildman–Crippen LogP) is 3.38. The van der Waals surface area contributed by atoms with Gasteiger partial charge in [-0.25, -0.2) is 0 Å². The molecule has 0 unspecified atom stereocenters. The maximum atomic E-state index is 11.8. The Bertz CT molecular complexity index is 581. The third-order valence-electron chi connectivity index (χ3n) is 3.58. The number of aryl methyl sites for hydroxylation is 2. The maximum Gasteiger partial charge on any atom is 0.220 e. The molecule has 0 radical (unpaired) electrons. The molecular formula is C19H23NO2. The minimum atomic E-state index is 0.120. The standard InChI is InChI=1S/C19H23NO2/c1-22-18-11-5-9-17(15-18)10-6-14-20-19(21)13-12-16-7-3-2-4-8-16/h2-5,7-9,11,15H,6,10,12-14H2,1H3,(H,20,21). The minimum Gasteiger partial charge on any atom is -0.497 e. The molecule has 0 aliphatic heterocycles. The highest BCUT2D eigenvalue weighted by atomic mass is 16.5. The molecule has 0 aromatic heterocycles. The molecule has 1 amide bonds. The lowest BCUT2D eigenvalue weighted by atomic mass is 10.1. The van der Waals surface area contributed by atoms with Gasteiger partial charge < -0.3 is 10.1 Å². The van der Waals surface area contributed by atoms with Crippen molar-refractivity contribution >= 4 is 5.91 Å². The number of rotatable bonds is 8. The first-order valence-electron chi connectivity index (χ1n) is 7.71. The molecule has 0 aliphatic carbocycles. The highest BCUT2D eigenvalue weighted by molar-refractivity contribution is 5.76. The number of carbonyl (C=O) groups is 1. The summed E-state index contributed by atoms with van der Waals surface area (Å²) in [7, 11) is 1.67. The van der Waals surface area contributed by atoms with Crippen molar-refractivity contribution in [2.24, 2.45) is 0 Å². The molecule has 0 heterocycles. The molecule has 0 aliphatic rings. The van der Waals surface area contributed by atoms with Crippen molar-refractivity contribution in [2.45, 2.75) is 25.7 Å². The normalized spacial score (nSPS) is 10.2. The molecule has 2 aromatic rings. The van der Waals surface area contributed by atoms with Gasteiger partial charge in [-0.1, -0.05) is 42.5 Å². The van der Waals surface area contributed by atoms with E-state index >= 15 is 0 Å². The van der Waals surface area contributed by atoms with E-state index < -0.39 is 0 Å². The van der Waals surface area contributed by atoms with Gasteiger partial charge in [0.2, 0.25) is 5.91 Å². The van der Waals surface area contributed by atoms with Crippen LogP contribution in [0.15, 0.2) is 54.6 Å². The van der Waals surface area contributed by atoms with Crippen LogP contribution in [0.1, 0.15) is 24.0 Å². The van der Waals surface area contributed by atoms with Gasteiger partial charge in [0.1, 0.15) is 5.75 Å². The van der Waals surface area contributed by atoms with Crippen LogP contribution >= 0.6 is 0 Å². The number of hydrogen-bond donors (Lipinski definition) is 1. The molecule has 2 rings (SSSR count). The molecule has 0 saturated heterocycles. The highest BCUT2D eigenvalue weighted by Crippen LogP contribution is 2.13. The van der Waals surface area contributed by atoms with Gasteiger partial charge in [0.25, 0.3) is 0 Å². The van der Waals surface area contributed by atoms with Crippen LogP contribution in [0.3, 0.4) is 0 Å². The van der Waals surface area contributed by atoms with Gasteiger partial charge in [-0.05, 0) is 42.5 Å². The molecule has 0 spiro atoms. The molecular weight excluding hydrogens is 274 g/mol. The van der Waals surface area contributed by atoms with E-state index in [9.17, 15) is 4.79 Å². The summed E-state index contributed by atoms with van der Waals surface area (Å²) in [6.07, 6.45) is 3.21. The lowest BCUT2D eigenvalue weighted by molar-refractivity contribution is -0.121. The van der Waals surface area contributed by atoms with Crippen LogP contribution in [0.25, 0.3) is 0 Å². The number of methoxy groups -OCH3 is 1. The highest BCUT2D eigenvalue weighted by Gasteiger charge is 2.02. The van der Waals surface area contributed by atoms with E-state index in [1.165, 1.54) is 11.1 Å². The molecule has 22 heavy (non-hydrogen) atoms. The molecule has 0 fully saturated rings. The van der Waals surface area contributed by atoms with Gasteiger partial charge in [0.05, 0.1) is 7.11 Å². The zero-order valence-corrected chi connectivity index (χ0v) is 13.0. The summed E-state index contributed by atoms with van der Waals surface area (Å²) < 4.78 is 5.20. The Labute approximate surface area is 132 Å². The van der Waals surface area contributed by atoms with Crippen molar-refractivity contribution in [3.8, 4) is 5.75 Å². The van der Waals surface area contributed by atoms with E-state index in [1.807, 2.05) is 36.4 Å². The van der Waals surface area contributed by atoms with Gasteiger partial charge in [-0.3, -0.25) is 4.79 Å². The first-order valence-corrected chi connectivity index (χ1v) is 7.71. The van der Waals surface area contributed by atoms with Crippen LogP contribution in [0.4, 0.5) is 0 Å². The molecule has 116 valence electrons. The van der Waals surface area contributed by atoms with Gasteiger partial charge in [-0.15, -0.1) is 0 Å². The fourth-order valence-electron chi connectivity index (χ4n) is 2.34. The van der Waals surface area contributed by atoms with E-state index in [4.69, 9.17) is 4.74 Å². The van der Waals surface area contributed by atoms with Gasteiger partial charge in [0, 0.05) is 13.0 Å². The van der Waals surface area contributed by atoms with E-state index in [1.54, 1.807) is 7.11 Å². The summed E-state index contributed by atoms with van der Waals surface area (Å²) in [6, 6.07) is 18.1. The second-order valence-electron chi connectivity index (χ2n) is 5.29. The summed E-state index contributed by atoms with van der Waals surface area (Å²) in [5.74, 6) is 0.999. The monoisotopic (exact) mass is 297 g/mol.